The molecule has 0 unspecified atom stereocenters. The summed E-state index contributed by atoms with van der Waals surface area (Å²) in [5.41, 5.74) is 0.989. The van der Waals surface area contributed by atoms with Crippen LogP contribution in [0.3, 0.4) is 0 Å². The molecule has 0 spiro atoms. The van der Waals surface area contributed by atoms with Crippen molar-refractivity contribution >= 4 is 22.5 Å². The molecule has 16 heavy (non-hydrogen) atoms. The van der Waals surface area contributed by atoms with E-state index in [0.717, 1.165) is 17.0 Å². The third-order valence-electron chi connectivity index (χ3n) is 2.32. The van der Waals surface area contributed by atoms with E-state index >= 15 is 0 Å². The number of nitriles is 1. The summed E-state index contributed by atoms with van der Waals surface area (Å²) in [7, 11) is 1.56. The molecule has 0 aromatic carbocycles. The number of aromatic nitrogens is 1. The summed E-state index contributed by atoms with van der Waals surface area (Å²) in [5.74, 6) is 0. The summed E-state index contributed by atoms with van der Waals surface area (Å²) in [6.07, 6.45) is 2.88. The number of nitrogens with one attached hydrogen (secondary N) is 2. The highest BCUT2D eigenvalue weighted by Gasteiger charge is 2.20. The predicted octanol–water partition coefficient (Wildman–Crippen LogP) is 0.734. The molecule has 2 N–H and O–H groups in total. The maximum Gasteiger partial charge on any atom is 0.320 e. The molecule has 0 atom stereocenters. The van der Waals surface area contributed by atoms with Gasteiger partial charge in [-0.05, 0) is 0 Å². The van der Waals surface area contributed by atoms with Gasteiger partial charge in [-0.1, -0.05) is 11.3 Å². The van der Waals surface area contributed by atoms with Crippen molar-refractivity contribution in [1.82, 2.24) is 15.2 Å². The Bertz CT molecular complexity index is 449. The maximum atomic E-state index is 11.1. The lowest BCUT2D eigenvalue weighted by Gasteiger charge is -2.19. The Hall–Kier alpha value is -1.81. The van der Waals surface area contributed by atoms with Crippen LogP contribution in [0.2, 0.25) is 0 Å². The summed E-state index contributed by atoms with van der Waals surface area (Å²) in [4.78, 5) is 18.2. The number of thiazole rings is 1. The number of amides is 2. The second kappa shape index (κ2) is 4.37. The van der Waals surface area contributed by atoms with E-state index in [1.165, 1.54) is 11.3 Å². The molecular weight excluding hydrogens is 226 g/mol. The van der Waals surface area contributed by atoms with Gasteiger partial charge < -0.3 is 10.2 Å². The van der Waals surface area contributed by atoms with Crippen LogP contribution in [-0.2, 0) is 13.0 Å². The number of fused-ring (bicyclic) bond motifs is 1. The molecule has 7 heteroatoms. The molecule has 0 fully saturated rings. The minimum atomic E-state index is -0.275. The van der Waals surface area contributed by atoms with Gasteiger partial charge in [-0.3, -0.25) is 5.32 Å². The lowest BCUT2D eigenvalue weighted by molar-refractivity contribution is 0.254. The van der Waals surface area contributed by atoms with Gasteiger partial charge in [-0.2, -0.15) is 5.26 Å². The van der Waals surface area contributed by atoms with Gasteiger partial charge >= 0.3 is 6.03 Å². The quantitative estimate of drug-likeness (QED) is 0.706. The van der Waals surface area contributed by atoms with Crippen LogP contribution in [0.4, 0.5) is 9.93 Å². The molecule has 2 amide bonds. The standard InChI is InChI=1S/C9H11N5OS/c1-11-8(15)13-9-12-6-2-3-14(5-10)4-7(6)16-9/h2-4H2,1H3,(H2,11,12,13,15). The highest BCUT2D eigenvalue weighted by atomic mass is 32.1. The van der Waals surface area contributed by atoms with Crippen LogP contribution in [0.25, 0.3) is 0 Å². The Labute approximate surface area is 96.9 Å². The smallest absolute Gasteiger partial charge is 0.320 e. The highest BCUT2D eigenvalue weighted by Crippen LogP contribution is 2.27. The van der Waals surface area contributed by atoms with Crippen LogP contribution in [0, 0.1) is 11.5 Å². The van der Waals surface area contributed by atoms with Crippen LogP contribution >= 0.6 is 11.3 Å². The lowest BCUT2D eigenvalue weighted by atomic mass is 10.2. The number of anilines is 1. The largest absolute Gasteiger partial charge is 0.341 e. The van der Waals surface area contributed by atoms with Gasteiger partial charge in [-0.15, -0.1) is 0 Å². The third kappa shape index (κ3) is 2.06. The van der Waals surface area contributed by atoms with Gasteiger partial charge in [0.15, 0.2) is 11.3 Å². The molecule has 2 rings (SSSR count). The van der Waals surface area contributed by atoms with Gasteiger partial charge in [0.25, 0.3) is 0 Å². The Kier molecular flexibility index (Phi) is 2.92. The topological polar surface area (TPSA) is 81.1 Å². The minimum absolute atomic E-state index is 0.275. The van der Waals surface area contributed by atoms with Crippen molar-refractivity contribution in [2.24, 2.45) is 0 Å². The Morgan fingerprint density at radius 1 is 1.69 bits per heavy atom. The summed E-state index contributed by atoms with van der Waals surface area (Å²) in [5, 5.41) is 14.5. The summed E-state index contributed by atoms with van der Waals surface area (Å²) >= 11 is 1.42. The van der Waals surface area contributed by atoms with Gasteiger partial charge in [0, 0.05) is 24.9 Å². The molecule has 1 aromatic rings. The van der Waals surface area contributed by atoms with Crippen LogP contribution in [0.15, 0.2) is 0 Å². The molecule has 0 radical (unpaired) electrons. The maximum absolute atomic E-state index is 11.1. The average molecular weight is 237 g/mol. The number of rotatable bonds is 1. The Morgan fingerprint density at radius 3 is 3.19 bits per heavy atom. The molecular formula is C9H11N5OS. The van der Waals surface area contributed by atoms with Crippen molar-refractivity contribution in [3.63, 3.8) is 0 Å². The van der Waals surface area contributed by atoms with E-state index in [9.17, 15) is 4.79 Å². The highest BCUT2D eigenvalue weighted by molar-refractivity contribution is 7.15. The van der Waals surface area contributed by atoms with E-state index < -0.39 is 0 Å². The fourth-order valence-corrected chi connectivity index (χ4v) is 2.51. The van der Waals surface area contributed by atoms with E-state index in [1.54, 1.807) is 11.9 Å². The van der Waals surface area contributed by atoms with Crippen molar-refractivity contribution in [2.45, 2.75) is 13.0 Å². The molecule has 0 aliphatic carbocycles. The first-order valence-corrected chi connectivity index (χ1v) is 5.66. The van der Waals surface area contributed by atoms with E-state index in [1.807, 2.05) is 0 Å². The predicted molar refractivity (Wildman–Crippen MR) is 59.9 cm³/mol. The van der Waals surface area contributed by atoms with Crippen molar-refractivity contribution in [3.05, 3.63) is 10.6 Å². The molecule has 0 bridgehead atoms. The zero-order valence-electron chi connectivity index (χ0n) is 8.78. The fourth-order valence-electron chi connectivity index (χ4n) is 1.49. The number of urea groups is 1. The molecule has 1 aromatic heterocycles. The average Bonchev–Trinajstić information content (AvgIpc) is 2.69. The number of hydrogen-bond donors (Lipinski definition) is 2. The van der Waals surface area contributed by atoms with E-state index in [4.69, 9.17) is 5.26 Å². The third-order valence-corrected chi connectivity index (χ3v) is 3.32. The SMILES string of the molecule is CNC(=O)Nc1nc2c(s1)CN(C#N)CC2. The number of carbonyl (C=O) groups excluding carboxylic acids is 1. The first-order valence-electron chi connectivity index (χ1n) is 4.85. The van der Waals surface area contributed by atoms with Gasteiger partial charge in [-0.25, -0.2) is 9.78 Å². The second-order valence-corrected chi connectivity index (χ2v) is 4.45. The molecule has 2 heterocycles. The Balaban J connectivity index is 2.13. The van der Waals surface area contributed by atoms with Gasteiger partial charge in [0.2, 0.25) is 0 Å². The number of nitrogens with zero attached hydrogens (tertiary/aromatic N) is 3. The Morgan fingerprint density at radius 2 is 2.50 bits per heavy atom. The van der Waals surface area contributed by atoms with E-state index in [0.29, 0.717) is 18.2 Å². The van der Waals surface area contributed by atoms with Crippen molar-refractivity contribution in [1.29, 1.82) is 5.26 Å². The van der Waals surface area contributed by atoms with Crippen LogP contribution in [-0.4, -0.2) is 29.5 Å². The lowest BCUT2D eigenvalue weighted by Crippen LogP contribution is -2.25. The van der Waals surface area contributed by atoms with Crippen LogP contribution in [0.5, 0.6) is 0 Å². The normalized spacial score (nSPS) is 13.9. The summed E-state index contributed by atoms with van der Waals surface area (Å²) in [6.45, 7) is 1.30. The minimum Gasteiger partial charge on any atom is -0.341 e. The first-order chi connectivity index (χ1) is 7.72. The summed E-state index contributed by atoms with van der Waals surface area (Å²) in [6, 6.07) is -0.275. The number of hydrogen-bond acceptors (Lipinski definition) is 5. The van der Waals surface area contributed by atoms with Crippen LogP contribution in [0.1, 0.15) is 10.6 Å². The zero-order valence-corrected chi connectivity index (χ0v) is 9.60. The molecule has 84 valence electrons. The second-order valence-electron chi connectivity index (χ2n) is 3.36. The molecule has 6 nitrogen and oxygen atoms in total. The summed E-state index contributed by atoms with van der Waals surface area (Å²) < 4.78 is 0. The monoisotopic (exact) mass is 237 g/mol. The van der Waals surface area contributed by atoms with Crippen molar-refractivity contribution < 1.29 is 4.79 Å². The zero-order chi connectivity index (χ0) is 11.5. The van der Waals surface area contributed by atoms with E-state index in [2.05, 4.69) is 21.8 Å². The fraction of sp³-hybridized carbons (Fsp3) is 0.444. The van der Waals surface area contributed by atoms with Gasteiger partial charge in [0.1, 0.15) is 0 Å². The molecule has 1 aliphatic rings. The van der Waals surface area contributed by atoms with Gasteiger partial charge in [0.05, 0.1) is 12.2 Å². The van der Waals surface area contributed by atoms with E-state index in [-0.39, 0.29) is 6.03 Å². The number of carbonyl (C=O) groups is 1. The molecule has 1 aliphatic heterocycles. The van der Waals surface area contributed by atoms with Crippen molar-refractivity contribution in [2.75, 3.05) is 18.9 Å². The molecule has 0 saturated carbocycles. The van der Waals surface area contributed by atoms with Crippen molar-refractivity contribution in [3.8, 4) is 6.19 Å². The van der Waals surface area contributed by atoms with Crippen LogP contribution < -0.4 is 10.6 Å². The molecule has 0 saturated heterocycles. The first kappa shape index (κ1) is 10.7.